The van der Waals surface area contributed by atoms with E-state index in [1.165, 1.54) is 30.4 Å². The van der Waals surface area contributed by atoms with Crippen LogP contribution in [0.5, 0.6) is 0 Å². The van der Waals surface area contributed by atoms with Crippen molar-refractivity contribution in [1.82, 2.24) is 4.90 Å². The molecule has 1 N–H and O–H groups in total. The Morgan fingerprint density at radius 3 is 2.47 bits per heavy atom. The van der Waals surface area contributed by atoms with Crippen LogP contribution in [0.15, 0.2) is 12.2 Å². The van der Waals surface area contributed by atoms with Gasteiger partial charge in [-0.2, -0.15) is 0 Å². The van der Waals surface area contributed by atoms with Crippen LogP contribution in [0.1, 0.15) is 90.9 Å². The number of rotatable bonds is 13. The zero-order valence-electron chi connectivity index (χ0n) is 19.0. The summed E-state index contributed by atoms with van der Waals surface area (Å²) in [5, 5.41) is 7.38. The predicted octanol–water partition coefficient (Wildman–Crippen LogP) is 5.33. The quantitative estimate of drug-likeness (QED) is 0.250. The highest BCUT2D eigenvalue weighted by atomic mass is 16.2. The molecule has 2 rings (SSSR count). The molecule has 2 amide bonds. The van der Waals surface area contributed by atoms with Crippen molar-refractivity contribution in [2.24, 2.45) is 23.7 Å². The van der Waals surface area contributed by atoms with Gasteiger partial charge in [0.2, 0.25) is 11.8 Å². The lowest BCUT2D eigenvalue weighted by molar-refractivity contribution is -0.140. The van der Waals surface area contributed by atoms with Gasteiger partial charge >= 0.3 is 0 Å². The molecule has 0 spiro atoms. The Labute approximate surface area is 182 Å². The summed E-state index contributed by atoms with van der Waals surface area (Å²) in [5.74, 6) is 1.19. The van der Waals surface area contributed by atoms with E-state index in [4.69, 9.17) is 5.41 Å². The molecule has 0 aromatic rings. The summed E-state index contributed by atoms with van der Waals surface area (Å²) in [7, 11) is 0. The molecule has 0 bridgehead atoms. The molecular weight excluding hydrogens is 376 g/mol. The van der Waals surface area contributed by atoms with Crippen LogP contribution < -0.4 is 0 Å². The van der Waals surface area contributed by atoms with Gasteiger partial charge in [-0.05, 0) is 55.4 Å². The summed E-state index contributed by atoms with van der Waals surface area (Å²) >= 11 is 0. The van der Waals surface area contributed by atoms with Crippen LogP contribution in [0.3, 0.4) is 0 Å². The maximum Gasteiger partial charge on any atom is 0.233 e. The summed E-state index contributed by atoms with van der Waals surface area (Å²) in [5.41, 5.74) is 0.796. The van der Waals surface area contributed by atoms with Crippen LogP contribution in [0, 0.1) is 29.1 Å². The number of Topliss-reactive ketones (excluding diaryl/α,β-unsaturated/α-hetero) is 1. The van der Waals surface area contributed by atoms with Crippen molar-refractivity contribution in [3.63, 3.8) is 0 Å². The van der Waals surface area contributed by atoms with Gasteiger partial charge in [-0.15, -0.1) is 0 Å². The van der Waals surface area contributed by atoms with Crippen molar-refractivity contribution in [2.75, 3.05) is 6.54 Å². The Kier molecular flexibility index (Phi) is 9.93. The lowest BCUT2D eigenvalue weighted by atomic mass is 9.79. The van der Waals surface area contributed by atoms with Gasteiger partial charge in [0.15, 0.2) is 0 Å². The summed E-state index contributed by atoms with van der Waals surface area (Å²) < 4.78 is 0. The lowest BCUT2D eigenvalue weighted by Crippen LogP contribution is -2.33. The number of hydrogen-bond acceptors (Lipinski definition) is 4. The topological polar surface area (TPSA) is 78.3 Å². The smallest absolute Gasteiger partial charge is 0.233 e. The Balaban J connectivity index is 1.64. The molecule has 30 heavy (non-hydrogen) atoms. The highest BCUT2D eigenvalue weighted by Crippen LogP contribution is 2.36. The fourth-order valence-electron chi connectivity index (χ4n) is 5.11. The van der Waals surface area contributed by atoms with E-state index in [-0.39, 0.29) is 29.4 Å². The maximum atomic E-state index is 12.7. The fourth-order valence-corrected chi connectivity index (χ4v) is 5.11. The minimum Gasteiger partial charge on any atom is -0.308 e. The second-order valence-electron chi connectivity index (χ2n) is 9.55. The van der Waals surface area contributed by atoms with Crippen molar-refractivity contribution in [3.05, 3.63) is 12.2 Å². The van der Waals surface area contributed by atoms with Gasteiger partial charge in [-0.3, -0.25) is 19.3 Å². The van der Waals surface area contributed by atoms with Crippen LogP contribution in [-0.4, -0.2) is 35.3 Å². The van der Waals surface area contributed by atoms with Gasteiger partial charge in [0.05, 0.1) is 5.92 Å². The van der Waals surface area contributed by atoms with E-state index in [9.17, 15) is 14.4 Å². The van der Waals surface area contributed by atoms with Crippen molar-refractivity contribution in [1.29, 1.82) is 5.41 Å². The monoisotopic (exact) mass is 416 g/mol. The van der Waals surface area contributed by atoms with E-state index in [0.29, 0.717) is 37.6 Å². The first-order valence-electron chi connectivity index (χ1n) is 11.9. The Bertz CT molecular complexity index is 634. The fraction of sp³-hybridized carbons (Fsp3) is 0.760. The molecule has 2 unspecified atom stereocenters. The average molecular weight is 417 g/mol. The van der Waals surface area contributed by atoms with Gasteiger partial charge in [0.1, 0.15) is 5.78 Å². The number of hydrogen-bond donors (Lipinski definition) is 1. The molecular formula is C25H40N2O3. The van der Waals surface area contributed by atoms with Crippen LogP contribution in [0.4, 0.5) is 0 Å². The second-order valence-corrected chi connectivity index (χ2v) is 9.55. The van der Waals surface area contributed by atoms with Crippen LogP contribution >= 0.6 is 0 Å². The summed E-state index contributed by atoms with van der Waals surface area (Å²) in [6, 6.07) is 0. The highest BCUT2D eigenvalue weighted by Gasteiger charge is 2.42. The van der Waals surface area contributed by atoms with Crippen molar-refractivity contribution in [3.8, 4) is 0 Å². The first-order valence-corrected chi connectivity index (χ1v) is 11.9. The molecule has 168 valence electrons. The molecule has 2 atom stereocenters. The number of ketones is 1. The summed E-state index contributed by atoms with van der Waals surface area (Å²) in [4.78, 5) is 38.7. The molecule has 2 fully saturated rings. The molecule has 5 nitrogen and oxygen atoms in total. The average Bonchev–Trinajstić information content (AvgIpc) is 3.01. The van der Waals surface area contributed by atoms with Crippen molar-refractivity contribution < 1.29 is 14.4 Å². The zero-order valence-corrected chi connectivity index (χ0v) is 19.0. The van der Waals surface area contributed by atoms with Crippen LogP contribution in [-0.2, 0) is 14.4 Å². The van der Waals surface area contributed by atoms with E-state index in [2.05, 4.69) is 20.4 Å². The maximum absolute atomic E-state index is 12.7. The zero-order chi connectivity index (χ0) is 22.1. The minimum atomic E-state index is -0.0796. The molecule has 0 radical (unpaired) electrons. The first kappa shape index (κ1) is 24.5. The minimum absolute atomic E-state index is 0.00203. The van der Waals surface area contributed by atoms with E-state index >= 15 is 0 Å². The van der Waals surface area contributed by atoms with E-state index in [0.717, 1.165) is 44.1 Å². The predicted molar refractivity (Wildman–Crippen MR) is 120 cm³/mol. The number of allylic oxidation sites excluding steroid dienone is 1. The number of unbranched alkanes of at least 4 members (excludes halogenated alkanes) is 2. The Morgan fingerprint density at radius 1 is 1.13 bits per heavy atom. The molecule has 1 aliphatic carbocycles. The molecule has 1 saturated heterocycles. The standard InChI is InChI=1S/C25H40N2O3/c1-18(2)22(19(3)17-26)14-13-21(28)12-8-5-9-15-27-24(29)16-23(25(27)30)20-10-6-4-7-11-20/h17-18,20,22-23,26H,3-16H2,1-2H3. The Morgan fingerprint density at radius 2 is 1.83 bits per heavy atom. The van der Waals surface area contributed by atoms with E-state index < -0.39 is 0 Å². The van der Waals surface area contributed by atoms with Gasteiger partial charge in [-0.25, -0.2) is 0 Å². The number of likely N-dealkylation sites (tertiary alicyclic amines) is 1. The third-order valence-corrected chi connectivity index (χ3v) is 7.04. The Hall–Kier alpha value is -1.78. The SMILES string of the molecule is C=C(C=N)C(CCC(=O)CCCCCN1C(=O)CC(C2CCCCC2)C1=O)C(C)C. The third kappa shape index (κ3) is 6.88. The molecule has 0 aromatic heterocycles. The number of amides is 2. The van der Waals surface area contributed by atoms with E-state index in [1.54, 1.807) is 0 Å². The van der Waals surface area contributed by atoms with Crippen LogP contribution in [0.2, 0.25) is 0 Å². The molecule has 1 heterocycles. The number of nitrogens with zero attached hydrogens (tertiary/aromatic N) is 1. The van der Waals surface area contributed by atoms with Crippen LogP contribution in [0.25, 0.3) is 0 Å². The molecule has 1 saturated carbocycles. The second kappa shape index (κ2) is 12.2. The first-order chi connectivity index (χ1) is 14.3. The molecule has 0 aromatic carbocycles. The largest absolute Gasteiger partial charge is 0.308 e. The molecule has 1 aliphatic heterocycles. The van der Waals surface area contributed by atoms with Gasteiger partial charge in [0, 0.05) is 32.0 Å². The number of imide groups is 1. The number of nitrogens with one attached hydrogen (secondary N) is 1. The number of carbonyl (C=O) groups is 3. The normalized spacial score (nSPS) is 21.3. The number of carbonyl (C=O) groups excluding carboxylic acids is 3. The van der Waals surface area contributed by atoms with E-state index in [1.807, 2.05) is 0 Å². The summed E-state index contributed by atoms with van der Waals surface area (Å²) in [6.45, 7) is 8.64. The van der Waals surface area contributed by atoms with Crippen molar-refractivity contribution in [2.45, 2.75) is 90.9 Å². The molecule has 5 heteroatoms. The third-order valence-electron chi connectivity index (χ3n) is 7.04. The lowest BCUT2D eigenvalue weighted by Gasteiger charge is -2.25. The summed E-state index contributed by atoms with van der Waals surface area (Å²) in [6.07, 6.45) is 11.8. The highest BCUT2D eigenvalue weighted by molar-refractivity contribution is 6.03. The van der Waals surface area contributed by atoms with Gasteiger partial charge in [0.25, 0.3) is 0 Å². The van der Waals surface area contributed by atoms with Gasteiger partial charge in [-0.1, -0.05) is 46.1 Å². The molecule has 2 aliphatic rings. The van der Waals surface area contributed by atoms with Crippen molar-refractivity contribution >= 4 is 23.8 Å². The van der Waals surface area contributed by atoms with Gasteiger partial charge < -0.3 is 5.41 Å².